The molecule has 0 amide bonds. The van der Waals surface area contributed by atoms with Crippen molar-refractivity contribution in [3.05, 3.63) is 60.3 Å². The molecule has 118 valence electrons. The molecule has 0 unspecified atom stereocenters. The van der Waals surface area contributed by atoms with E-state index in [9.17, 15) is 17.2 Å². The van der Waals surface area contributed by atoms with Crippen molar-refractivity contribution in [2.24, 2.45) is 0 Å². The number of nitrogens with zero attached hydrogens (tertiary/aromatic N) is 1. The molecule has 0 aliphatic rings. The van der Waals surface area contributed by atoms with Crippen LogP contribution < -0.4 is 5.32 Å². The molecule has 1 aromatic heterocycles. The molecule has 0 saturated carbocycles. The van der Waals surface area contributed by atoms with Gasteiger partial charge in [-0.3, -0.25) is 4.98 Å². The lowest BCUT2D eigenvalue weighted by Crippen LogP contribution is -1.99. The Morgan fingerprint density at radius 1 is 1.00 bits per heavy atom. The molecule has 3 rings (SSSR count). The summed E-state index contributed by atoms with van der Waals surface area (Å²) >= 11 is 0. The van der Waals surface area contributed by atoms with Crippen molar-refractivity contribution in [1.82, 2.24) is 4.98 Å². The average Bonchev–Trinajstić information content (AvgIpc) is 2.50. The summed E-state index contributed by atoms with van der Waals surface area (Å²) in [5.41, 5.74) is 0.937. The van der Waals surface area contributed by atoms with Gasteiger partial charge in [-0.25, -0.2) is 17.2 Å². The van der Waals surface area contributed by atoms with Crippen molar-refractivity contribution in [3.63, 3.8) is 0 Å². The van der Waals surface area contributed by atoms with Crippen LogP contribution >= 0.6 is 0 Å². The van der Waals surface area contributed by atoms with E-state index in [0.29, 0.717) is 16.6 Å². The quantitative estimate of drug-likeness (QED) is 0.794. The van der Waals surface area contributed by atoms with E-state index in [1.54, 1.807) is 12.1 Å². The van der Waals surface area contributed by atoms with Gasteiger partial charge in [-0.1, -0.05) is 0 Å². The first-order valence-electron chi connectivity index (χ1n) is 6.65. The molecule has 23 heavy (non-hydrogen) atoms. The van der Waals surface area contributed by atoms with Gasteiger partial charge in [0.25, 0.3) is 0 Å². The first-order valence-corrected chi connectivity index (χ1v) is 8.54. The lowest BCUT2D eigenvalue weighted by atomic mass is 10.1. The van der Waals surface area contributed by atoms with E-state index < -0.39 is 21.5 Å². The summed E-state index contributed by atoms with van der Waals surface area (Å²) in [7, 11) is -3.39. The van der Waals surface area contributed by atoms with E-state index in [0.717, 1.165) is 24.5 Å². The number of aromatic nitrogens is 1. The Balaban J connectivity index is 2.15. The van der Waals surface area contributed by atoms with Crippen LogP contribution in [0.1, 0.15) is 0 Å². The molecular formula is C16H12F2N2O2S. The minimum atomic E-state index is -3.39. The van der Waals surface area contributed by atoms with E-state index in [-0.39, 0.29) is 10.6 Å². The van der Waals surface area contributed by atoms with Crippen molar-refractivity contribution >= 4 is 32.1 Å². The van der Waals surface area contributed by atoms with Crippen molar-refractivity contribution in [2.45, 2.75) is 4.90 Å². The zero-order valence-electron chi connectivity index (χ0n) is 12.0. The highest BCUT2D eigenvalue weighted by molar-refractivity contribution is 7.90. The Hall–Kier alpha value is -2.54. The van der Waals surface area contributed by atoms with Crippen molar-refractivity contribution in [2.75, 3.05) is 11.6 Å². The Labute approximate surface area is 131 Å². The second kappa shape index (κ2) is 5.58. The normalized spacial score (nSPS) is 11.6. The fourth-order valence-electron chi connectivity index (χ4n) is 2.20. The van der Waals surface area contributed by atoms with Crippen molar-refractivity contribution in [1.29, 1.82) is 0 Å². The topological polar surface area (TPSA) is 59.1 Å². The number of anilines is 2. The van der Waals surface area contributed by atoms with Crippen LogP contribution in [0, 0.1) is 11.6 Å². The molecule has 1 heterocycles. The summed E-state index contributed by atoms with van der Waals surface area (Å²) in [6.07, 6.45) is 2.60. The van der Waals surface area contributed by atoms with Crippen LogP contribution in [0.2, 0.25) is 0 Å². The molecule has 0 radical (unpaired) electrons. The standard InChI is InChI=1S/C16H12F2N2O2S/c1-23(21,22)11-3-5-14-12(9-11)15(6-7-19-14)20-16-8-10(17)2-4-13(16)18/h2-9H,1H3,(H,19,20). The molecule has 0 fully saturated rings. The number of hydrogen-bond acceptors (Lipinski definition) is 4. The van der Waals surface area contributed by atoms with Crippen molar-refractivity contribution in [3.8, 4) is 0 Å². The van der Waals surface area contributed by atoms with Crippen LogP contribution in [0.5, 0.6) is 0 Å². The fraction of sp³-hybridized carbons (Fsp3) is 0.0625. The maximum Gasteiger partial charge on any atom is 0.175 e. The number of nitrogens with one attached hydrogen (secondary N) is 1. The molecule has 4 nitrogen and oxygen atoms in total. The van der Waals surface area contributed by atoms with E-state index in [1.165, 1.54) is 18.3 Å². The van der Waals surface area contributed by atoms with Crippen molar-refractivity contribution < 1.29 is 17.2 Å². The Morgan fingerprint density at radius 2 is 1.78 bits per heavy atom. The number of pyridine rings is 1. The smallest absolute Gasteiger partial charge is 0.175 e. The maximum absolute atomic E-state index is 13.8. The molecule has 7 heteroatoms. The summed E-state index contributed by atoms with van der Waals surface area (Å²) < 4.78 is 50.5. The van der Waals surface area contributed by atoms with Gasteiger partial charge in [-0.2, -0.15) is 0 Å². The number of fused-ring (bicyclic) bond motifs is 1. The number of rotatable bonds is 3. The van der Waals surface area contributed by atoms with Gasteiger partial charge in [0.15, 0.2) is 9.84 Å². The van der Waals surface area contributed by atoms with Crippen LogP contribution in [0.15, 0.2) is 53.6 Å². The predicted octanol–water partition coefficient (Wildman–Crippen LogP) is 3.66. The third kappa shape index (κ3) is 3.14. The molecule has 0 saturated heterocycles. The third-order valence-corrected chi connectivity index (χ3v) is 4.45. The molecule has 0 aliphatic heterocycles. The maximum atomic E-state index is 13.8. The van der Waals surface area contributed by atoms with Crippen LogP contribution in [0.4, 0.5) is 20.2 Å². The van der Waals surface area contributed by atoms with E-state index in [4.69, 9.17) is 0 Å². The second-order valence-electron chi connectivity index (χ2n) is 5.06. The predicted molar refractivity (Wildman–Crippen MR) is 84.5 cm³/mol. The number of halogens is 2. The summed E-state index contributed by atoms with van der Waals surface area (Å²) in [4.78, 5) is 4.27. The van der Waals surface area contributed by atoms with Crippen LogP contribution in [0.25, 0.3) is 10.9 Å². The van der Waals surface area contributed by atoms with Crippen LogP contribution in [-0.2, 0) is 9.84 Å². The van der Waals surface area contributed by atoms with Gasteiger partial charge < -0.3 is 5.32 Å². The highest BCUT2D eigenvalue weighted by Crippen LogP contribution is 2.28. The molecular weight excluding hydrogens is 322 g/mol. The minimum absolute atomic E-state index is 0.0396. The number of hydrogen-bond donors (Lipinski definition) is 1. The molecule has 2 aromatic carbocycles. The molecule has 3 aromatic rings. The number of sulfone groups is 1. The zero-order valence-corrected chi connectivity index (χ0v) is 12.9. The number of benzene rings is 2. The zero-order chi connectivity index (χ0) is 16.6. The molecule has 0 aliphatic carbocycles. The first kappa shape index (κ1) is 15.4. The molecule has 0 atom stereocenters. The van der Waals surface area contributed by atoms with E-state index >= 15 is 0 Å². The Morgan fingerprint density at radius 3 is 2.52 bits per heavy atom. The summed E-state index contributed by atoms with van der Waals surface area (Å²) in [6.45, 7) is 0. The molecule has 0 spiro atoms. The van der Waals surface area contributed by atoms with Crippen LogP contribution in [0.3, 0.4) is 0 Å². The van der Waals surface area contributed by atoms with Gasteiger partial charge in [-0.15, -0.1) is 0 Å². The summed E-state index contributed by atoms with van der Waals surface area (Å²) in [5, 5.41) is 3.28. The van der Waals surface area contributed by atoms with Crippen LogP contribution in [-0.4, -0.2) is 19.7 Å². The van der Waals surface area contributed by atoms with Gasteiger partial charge in [-0.05, 0) is 36.4 Å². The monoisotopic (exact) mass is 334 g/mol. The van der Waals surface area contributed by atoms with Gasteiger partial charge in [0.1, 0.15) is 11.6 Å². The third-order valence-electron chi connectivity index (χ3n) is 3.34. The summed E-state index contributed by atoms with van der Waals surface area (Å²) in [6, 6.07) is 9.11. The summed E-state index contributed by atoms with van der Waals surface area (Å²) in [5.74, 6) is -1.19. The Kier molecular flexibility index (Phi) is 3.73. The average molecular weight is 334 g/mol. The highest BCUT2D eigenvalue weighted by Gasteiger charge is 2.11. The van der Waals surface area contributed by atoms with Gasteiger partial charge >= 0.3 is 0 Å². The highest BCUT2D eigenvalue weighted by atomic mass is 32.2. The SMILES string of the molecule is CS(=O)(=O)c1ccc2nccc(Nc3cc(F)ccc3F)c2c1. The second-order valence-corrected chi connectivity index (χ2v) is 7.07. The largest absolute Gasteiger partial charge is 0.352 e. The van der Waals surface area contributed by atoms with E-state index in [1.807, 2.05) is 0 Å². The van der Waals surface area contributed by atoms with Gasteiger partial charge in [0.05, 0.1) is 16.1 Å². The lowest BCUT2D eigenvalue weighted by molar-refractivity contribution is 0.602. The molecule has 0 bridgehead atoms. The Bertz CT molecular complexity index is 1000. The fourth-order valence-corrected chi connectivity index (χ4v) is 2.85. The van der Waals surface area contributed by atoms with Gasteiger partial charge in [0, 0.05) is 29.6 Å². The first-order chi connectivity index (χ1) is 10.8. The minimum Gasteiger partial charge on any atom is -0.352 e. The van der Waals surface area contributed by atoms with Gasteiger partial charge in [0.2, 0.25) is 0 Å². The molecule has 1 N–H and O–H groups in total. The van der Waals surface area contributed by atoms with E-state index in [2.05, 4.69) is 10.3 Å². The lowest BCUT2D eigenvalue weighted by Gasteiger charge is -2.11.